The molecule has 0 saturated carbocycles. The lowest BCUT2D eigenvalue weighted by atomic mass is 9.86. The van der Waals surface area contributed by atoms with Gasteiger partial charge in [-0.15, -0.1) is 0 Å². The fourth-order valence-electron chi connectivity index (χ4n) is 3.82. The highest BCUT2D eigenvalue weighted by molar-refractivity contribution is 5.98. The minimum atomic E-state index is -4.56. The summed E-state index contributed by atoms with van der Waals surface area (Å²) in [6.45, 7) is 6.79. The summed E-state index contributed by atoms with van der Waals surface area (Å²) in [7, 11) is 3.34. The number of benzene rings is 1. The SMILES string of the molecule is CNC(=O)[C@@H](NC(=O)c1nc(-c2ccccc2C(F)(F)F)n2c1CN(C)CC2)C(C)(C)C. The van der Waals surface area contributed by atoms with Crippen molar-refractivity contribution in [3.05, 3.63) is 41.2 Å². The Hall–Kier alpha value is -2.88. The lowest BCUT2D eigenvalue weighted by Crippen LogP contribution is -2.53. The van der Waals surface area contributed by atoms with Crippen molar-refractivity contribution in [3.63, 3.8) is 0 Å². The third kappa shape index (κ3) is 4.64. The zero-order chi connectivity index (χ0) is 23.8. The molecule has 174 valence electrons. The molecular weight excluding hydrogens is 423 g/mol. The molecule has 1 atom stereocenters. The summed E-state index contributed by atoms with van der Waals surface area (Å²) >= 11 is 0. The van der Waals surface area contributed by atoms with Crippen molar-refractivity contribution in [1.82, 2.24) is 25.1 Å². The van der Waals surface area contributed by atoms with Gasteiger partial charge in [0.25, 0.3) is 5.91 Å². The third-order valence-corrected chi connectivity index (χ3v) is 5.54. The highest BCUT2D eigenvalue weighted by Crippen LogP contribution is 2.38. The molecule has 3 rings (SSSR count). The Morgan fingerprint density at radius 2 is 1.78 bits per heavy atom. The predicted molar refractivity (Wildman–Crippen MR) is 114 cm³/mol. The fourth-order valence-corrected chi connectivity index (χ4v) is 3.82. The second kappa shape index (κ2) is 8.57. The molecule has 0 fully saturated rings. The van der Waals surface area contributed by atoms with E-state index in [1.165, 1.54) is 25.2 Å². The van der Waals surface area contributed by atoms with E-state index in [-0.39, 0.29) is 23.0 Å². The average Bonchev–Trinajstić information content (AvgIpc) is 3.08. The quantitative estimate of drug-likeness (QED) is 0.749. The number of alkyl halides is 3. The number of carbonyl (C=O) groups excluding carboxylic acids is 2. The molecule has 10 heteroatoms. The smallest absolute Gasteiger partial charge is 0.357 e. The largest absolute Gasteiger partial charge is 0.417 e. The number of rotatable bonds is 4. The monoisotopic (exact) mass is 451 g/mol. The van der Waals surface area contributed by atoms with Gasteiger partial charge in [0.15, 0.2) is 5.69 Å². The standard InChI is InChI=1S/C22H28F3N5O2/c1-21(2,3)17(20(32)26-4)28-19(31)16-15-12-29(5)10-11-30(15)18(27-16)13-8-6-7-9-14(13)22(23,24)25/h6-9,17H,10-12H2,1-5H3,(H,26,32)(H,28,31)/t17-/m1/s1. The lowest BCUT2D eigenvalue weighted by molar-refractivity contribution is -0.137. The molecule has 2 amide bonds. The summed E-state index contributed by atoms with van der Waals surface area (Å²) in [6.07, 6.45) is -4.56. The number of nitrogens with zero attached hydrogens (tertiary/aromatic N) is 3. The van der Waals surface area contributed by atoms with Gasteiger partial charge in [-0.1, -0.05) is 39.0 Å². The number of aromatic nitrogens is 2. The molecule has 2 aromatic rings. The first-order valence-corrected chi connectivity index (χ1v) is 10.3. The van der Waals surface area contributed by atoms with E-state index < -0.39 is 29.1 Å². The van der Waals surface area contributed by atoms with Gasteiger partial charge in [0.1, 0.15) is 11.9 Å². The summed E-state index contributed by atoms with van der Waals surface area (Å²) in [5, 5.41) is 5.27. The van der Waals surface area contributed by atoms with Crippen LogP contribution in [0.2, 0.25) is 0 Å². The Morgan fingerprint density at radius 1 is 1.12 bits per heavy atom. The molecule has 1 aliphatic heterocycles. The molecule has 32 heavy (non-hydrogen) atoms. The molecule has 7 nitrogen and oxygen atoms in total. The van der Waals surface area contributed by atoms with Gasteiger partial charge in [0.2, 0.25) is 5.91 Å². The van der Waals surface area contributed by atoms with Crippen LogP contribution in [-0.4, -0.2) is 52.9 Å². The van der Waals surface area contributed by atoms with Crippen molar-refractivity contribution in [2.24, 2.45) is 5.41 Å². The lowest BCUT2D eigenvalue weighted by Gasteiger charge is -2.30. The van der Waals surface area contributed by atoms with E-state index in [9.17, 15) is 22.8 Å². The first kappa shape index (κ1) is 23.8. The second-order valence-corrected chi connectivity index (χ2v) is 9.05. The molecule has 0 spiro atoms. The predicted octanol–water partition coefficient (Wildman–Crippen LogP) is 2.90. The number of halogens is 3. The Morgan fingerprint density at radius 3 is 2.38 bits per heavy atom. The molecule has 0 aliphatic carbocycles. The minimum Gasteiger partial charge on any atom is -0.357 e. The van der Waals surface area contributed by atoms with Crippen LogP contribution in [0.4, 0.5) is 13.2 Å². The highest BCUT2D eigenvalue weighted by Gasteiger charge is 2.37. The van der Waals surface area contributed by atoms with E-state index >= 15 is 0 Å². The molecule has 1 aromatic carbocycles. The maximum absolute atomic E-state index is 13.7. The molecule has 1 aromatic heterocycles. The Labute approximate surface area is 185 Å². The van der Waals surface area contributed by atoms with E-state index in [0.29, 0.717) is 25.3 Å². The fraction of sp³-hybridized carbons (Fsp3) is 0.500. The van der Waals surface area contributed by atoms with Crippen LogP contribution in [0.5, 0.6) is 0 Å². The van der Waals surface area contributed by atoms with Crippen LogP contribution in [0, 0.1) is 5.41 Å². The van der Waals surface area contributed by atoms with Crippen molar-refractivity contribution < 1.29 is 22.8 Å². The third-order valence-electron chi connectivity index (χ3n) is 5.54. The number of fused-ring (bicyclic) bond motifs is 1. The molecule has 0 radical (unpaired) electrons. The average molecular weight is 451 g/mol. The second-order valence-electron chi connectivity index (χ2n) is 9.05. The summed E-state index contributed by atoms with van der Waals surface area (Å²) < 4.78 is 42.6. The van der Waals surface area contributed by atoms with Crippen molar-refractivity contribution in [3.8, 4) is 11.4 Å². The van der Waals surface area contributed by atoms with Gasteiger partial charge in [-0.25, -0.2) is 4.98 Å². The van der Waals surface area contributed by atoms with E-state index in [0.717, 1.165) is 6.07 Å². The number of hydrogen-bond donors (Lipinski definition) is 2. The molecule has 2 heterocycles. The zero-order valence-electron chi connectivity index (χ0n) is 18.8. The van der Waals surface area contributed by atoms with Crippen LogP contribution < -0.4 is 10.6 Å². The molecule has 0 saturated heterocycles. The maximum Gasteiger partial charge on any atom is 0.417 e. The van der Waals surface area contributed by atoms with Crippen LogP contribution in [0.25, 0.3) is 11.4 Å². The topological polar surface area (TPSA) is 79.3 Å². The summed E-state index contributed by atoms with van der Waals surface area (Å²) in [5.74, 6) is -0.861. The van der Waals surface area contributed by atoms with E-state index in [1.807, 2.05) is 32.7 Å². The molecule has 0 unspecified atom stereocenters. The summed E-state index contributed by atoms with van der Waals surface area (Å²) in [4.78, 5) is 31.9. The van der Waals surface area contributed by atoms with Gasteiger partial charge >= 0.3 is 6.18 Å². The Balaban J connectivity index is 2.11. The Kier molecular flexibility index (Phi) is 6.37. The van der Waals surface area contributed by atoms with Crippen molar-refractivity contribution in [1.29, 1.82) is 0 Å². The molecule has 1 aliphatic rings. The normalized spacial score (nSPS) is 15.8. The summed E-state index contributed by atoms with van der Waals surface area (Å²) in [5.41, 5.74) is -0.924. The van der Waals surface area contributed by atoms with Crippen LogP contribution >= 0.6 is 0 Å². The zero-order valence-corrected chi connectivity index (χ0v) is 18.8. The highest BCUT2D eigenvalue weighted by atomic mass is 19.4. The van der Waals surface area contributed by atoms with Crippen LogP contribution in [0.3, 0.4) is 0 Å². The molecule has 2 N–H and O–H groups in total. The Bertz CT molecular complexity index is 1020. The summed E-state index contributed by atoms with van der Waals surface area (Å²) in [6, 6.07) is 4.37. The number of imidazole rings is 1. The van der Waals surface area contributed by atoms with Gasteiger partial charge in [0.05, 0.1) is 11.3 Å². The number of carbonyl (C=O) groups is 2. The van der Waals surface area contributed by atoms with Gasteiger partial charge in [0, 0.05) is 32.2 Å². The molecule has 0 bridgehead atoms. The number of likely N-dealkylation sites (N-methyl/N-ethyl adjacent to an activating group) is 2. The van der Waals surface area contributed by atoms with Crippen molar-refractivity contribution >= 4 is 11.8 Å². The molecular formula is C22H28F3N5O2. The van der Waals surface area contributed by atoms with Gasteiger partial charge in [-0.3, -0.25) is 14.5 Å². The first-order valence-electron chi connectivity index (χ1n) is 10.3. The van der Waals surface area contributed by atoms with Crippen LogP contribution in [0.15, 0.2) is 24.3 Å². The van der Waals surface area contributed by atoms with Gasteiger partial charge in [-0.2, -0.15) is 13.2 Å². The number of nitrogens with one attached hydrogen (secondary N) is 2. The van der Waals surface area contributed by atoms with Crippen molar-refractivity contribution in [2.75, 3.05) is 20.6 Å². The minimum absolute atomic E-state index is 0.0293. The van der Waals surface area contributed by atoms with E-state index in [2.05, 4.69) is 15.6 Å². The van der Waals surface area contributed by atoms with Gasteiger partial charge in [-0.05, 0) is 18.5 Å². The van der Waals surface area contributed by atoms with Crippen LogP contribution in [-0.2, 0) is 24.1 Å². The van der Waals surface area contributed by atoms with Gasteiger partial charge < -0.3 is 15.2 Å². The first-order chi connectivity index (χ1) is 14.8. The van der Waals surface area contributed by atoms with Crippen LogP contribution in [0.1, 0.15) is 42.5 Å². The van der Waals surface area contributed by atoms with Crippen molar-refractivity contribution in [2.45, 2.75) is 46.1 Å². The van der Waals surface area contributed by atoms with E-state index in [4.69, 9.17) is 0 Å². The number of amides is 2. The number of hydrogen-bond acceptors (Lipinski definition) is 4. The van der Waals surface area contributed by atoms with E-state index in [1.54, 1.807) is 4.57 Å². The maximum atomic E-state index is 13.7.